The van der Waals surface area contributed by atoms with Gasteiger partial charge in [0, 0.05) is 45.4 Å². The number of likely N-dealkylation sites (N-methyl/N-ethyl adjacent to an activating group) is 1. The zero-order valence-electron chi connectivity index (χ0n) is 19.3. The van der Waals surface area contributed by atoms with Crippen molar-refractivity contribution in [1.29, 1.82) is 0 Å². The molecule has 2 aliphatic rings. The molecule has 2 saturated heterocycles. The highest BCUT2D eigenvalue weighted by Gasteiger charge is 2.54. The summed E-state index contributed by atoms with van der Waals surface area (Å²) in [6, 6.07) is 11.1. The predicted octanol–water partition coefficient (Wildman–Crippen LogP) is 3.00. The van der Waals surface area contributed by atoms with Gasteiger partial charge in [-0.25, -0.2) is 0 Å². The number of ether oxygens (including phenoxy) is 1. The third kappa shape index (κ3) is 4.83. The van der Waals surface area contributed by atoms with Crippen LogP contribution in [0.4, 0.5) is 0 Å². The lowest BCUT2D eigenvalue weighted by molar-refractivity contribution is -0.143. The molecule has 0 spiro atoms. The number of rotatable bonds is 7. The molecule has 0 unspecified atom stereocenters. The van der Waals surface area contributed by atoms with Crippen LogP contribution in [-0.4, -0.2) is 58.8 Å². The number of benzene rings is 1. The second-order valence-corrected chi connectivity index (χ2v) is 9.15. The number of hydrogen-bond acceptors (Lipinski definition) is 5. The van der Waals surface area contributed by atoms with E-state index in [0.29, 0.717) is 6.54 Å². The Kier molecular flexibility index (Phi) is 6.88. The minimum Gasteiger partial charge on any atom is -0.376 e. The highest BCUT2D eigenvalue weighted by molar-refractivity contribution is 6.10. The molecule has 0 aliphatic carbocycles. The van der Waals surface area contributed by atoms with E-state index in [1.54, 1.807) is 36.5 Å². The van der Waals surface area contributed by atoms with Crippen LogP contribution in [-0.2, 0) is 31.1 Å². The second-order valence-electron chi connectivity index (χ2n) is 9.15. The molecule has 0 radical (unpaired) electrons. The molecular weight excluding hydrogens is 418 g/mol. The fourth-order valence-electron chi connectivity index (χ4n) is 4.94. The van der Waals surface area contributed by atoms with E-state index in [2.05, 4.69) is 4.98 Å². The van der Waals surface area contributed by atoms with E-state index in [9.17, 15) is 14.4 Å². The number of imide groups is 1. The Balaban J connectivity index is 1.61. The average Bonchev–Trinajstić information content (AvgIpc) is 3.05. The molecule has 0 saturated carbocycles. The van der Waals surface area contributed by atoms with Crippen LogP contribution in [0, 0.1) is 6.92 Å². The summed E-state index contributed by atoms with van der Waals surface area (Å²) in [6.45, 7) is 3.31. The van der Waals surface area contributed by atoms with Crippen LogP contribution in [0.2, 0.25) is 0 Å². The van der Waals surface area contributed by atoms with E-state index in [0.717, 1.165) is 42.6 Å². The first kappa shape index (κ1) is 23.1. The van der Waals surface area contributed by atoms with Gasteiger partial charge >= 0.3 is 0 Å². The SMILES string of the molecule is Cc1ccccc1[C@@]1(CC(=O)N(C)C[C@H]2CCCCO2)CC(=O)N(Cc2ccncc2)C1=O. The Morgan fingerprint density at radius 3 is 2.64 bits per heavy atom. The summed E-state index contributed by atoms with van der Waals surface area (Å²) in [6.07, 6.45) is 6.32. The normalized spacial score (nSPS) is 23.1. The van der Waals surface area contributed by atoms with Gasteiger partial charge in [-0.15, -0.1) is 0 Å². The van der Waals surface area contributed by atoms with E-state index < -0.39 is 5.41 Å². The molecule has 1 aromatic heterocycles. The number of likely N-dealkylation sites (tertiary alicyclic amines) is 1. The van der Waals surface area contributed by atoms with Crippen LogP contribution in [0.1, 0.15) is 48.8 Å². The van der Waals surface area contributed by atoms with Gasteiger partial charge in [0.15, 0.2) is 0 Å². The van der Waals surface area contributed by atoms with Crippen molar-refractivity contribution < 1.29 is 19.1 Å². The Morgan fingerprint density at radius 2 is 1.94 bits per heavy atom. The monoisotopic (exact) mass is 449 g/mol. The number of amides is 3. The van der Waals surface area contributed by atoms with Gasteiger partial charge in [0.1, 0.15) is 0 Å². The fourth-order valence-corrected chi connectivity index (χ4v) is 4.94. The standard InChI is InChI=1S/C26H31N3O4/c1-19-7-3-4-9-22(19)26(15-23(30)28(2)18-21-8-5-6-14-33-21)16-24(31)29(25(26)32)17-20-10-12-27-13-11-20/h3-4,7,9-13,21H,5-6,8,14-18H2,1-2H3/t21-,26-/m1/s1. The maximum absolute atomic E-state index is 13.8. The number of carbonyl (C=O) groups is 3. The summed E-state index contributed by atoms with van der Waals surface area (Å²) >= 11 is 0. The van der Waals surface area contributed by atoms with E-state index in [1.165, 1.54) is 4.90 Å². The van der Waals surface area contributed by atoms with Crippen LogP contribution in [0.15, 0.2) is 48.8 Å². The summed E-state index contributed by atoms with van der Waals surface area (Å²) < 4.78 is 5.79. The van der Waals surface area contributed by atoms with Gasteiger partial charge in [-0.1, -0.05) is 24.3 Å². The Bertz CT molecular complexity index is 1020. The zero-order chi connectivity index (χ0) is 23.4. The number of carbonyl (C=O) groups excluding carboxylic acids is 3. The minimum atomic E-state index is -1.20. The van der Waals surface area contributed by atoms with Crippen LogP contribution in [0.25, 0.3) is 0 Å². The first-order valence-corrected chi connectivity index (χ1v) is 11.6. The minimum absolute atomic E-state index is 0.0126. The van der Waals surface area contributed by atoms with Crippen LogP contribution in [0.3, 0.4) is 0 Å². The maximum Gasteiger partial charge on any atom is 0.241 e. The van der Waals surface area contributed by atoms with Gasteiger partial charge in [-0.2, -0.15) is 0 Å². The fraction of sp³-hybridized carbons (Fsp3) is 0.462. The molecular formula is C26H31N3O4. The first-order chi connectivity index (χ1) is 15.9. The molecule has 7 heteroatoms. The highest BCUT2D eigenvalue weighted by atomic mass is 16.5. The number of nitrogens with zero attached hydrogens (tertiary/aromatic N) is 3. The molecule has 4 rings (SSSR count). The van der Waals surface area contributed by atoms with Crippen molar-refractivity contribution in [2.45, 2.75) is 57.1 Å². The molecule has 0 bridgehead atoms. The van der Waals surface area contributed by atoms with Crippen molar-refractivity contribution in [1.82, 2.24) is 14.8 Å². The van der Waals surface area contributed by atoms with Crippen molar-refractivity contribution in [2.24, 2.45) is 0 Å². The highest BCUT2D eigenvalue weighted by Crippen LogP contribution is 2.42. The summed E-state index contributed by atoms with van der Waals surface area (Å²) in [7, 11) is 1.75. The topological polar surface area (TPSA) is 79.8 Å². The van der Waals surface area contributed by atoms with Gasteiger partial charge in [0.25, 0.3) is 0 Å². The van der Waals surface area contributed by atoms with Crippen molar-refractivity contribution >= 4 is 17.7 Å². The number of aromatic nitrogens is 1. The van der Waals surface area contributed by atoms with Gasteiger partial charge in [-0.05, 0) is 55.0 Å². The molecule has 2 aromatic rings. The Labute approximate surface area is 194 Å². The summed E-state index contributed by atoms with van der Waals surface area (Å²) in [5.74, 6) is -0.722. The lowest BCUT2D eigenvalue weighted by Gasteiger charge is -2.32. The van der Waals surface area contributed by atoms with Crippen molar-refractivity contribution in [3.05, 3.63) is 65.5 Å². The Hall–Kier alpha value is -3.06. The van der Waals surface area contributed by atoms with E-state index in [4.69, 9.17) is 4.74 Å². The molecule has 2 aliphatic heterocycles. The van der Waals surface area contributed by atoms with Gasteiger partial charge in [0.05, 0.1) is 18.1 Å². The zero-order valence-corrected chi connectivity index (χ0v) is 19.3. The van der Waals surface area contributed by atoms with E-state index >= 15 is 0 Å². The molecule has 0 N–H and O–H groups in total. The van der Waals surface area contributed by atoms with Gasteiger partial charge < -0.3 is 9.64 Å². The molecule has 3 heterocycles. The summed E-state index contributed by atoms with van der Waals surface area (Å²) in [5, 5.41) is 0. The molecule has 174 valence electrons. The quantitative estimate of drug-likeness (QED) is 0.607. The smallest absolute Gasteiger partial charge is 0.241 e. The largest absolute Gasteiger partial charge is 0.376 e. The lowest BCUT2D eigenvalue weighted by atomic mass is 9.74. The molecule has 3 amide bonds. The predicted molar refractivity (Wildman–Crippen MR) is 123 cm³/mol. The molecule has 33 heavy (non-hydrogen) atoms. The van der Waals surface area contributed by atoms with E-state index in [1.807, 2.05) is 31.2 Å². The second kappa shape index (κ2) is 9.83. The summed E-state index contributed by atoms with van der Waals surface area (Å²) in [5.41, 5.74) is 1.27. The molecule has 2 fully saturated rings. The maximum atomic E-state index is 13.8. The first-order valence-electron chi connectivity index (χ1n) is 11.6. The molecule has 7 nitrogen and oxygen atoms in total. The van der Waals surface area contributed by atoms with E-state index in [-0.39, 0.29) is 43.2 Å². The van der Waals surface area contributed by atoms with Crippen LogP contribution in [0.5, 0.6) is 0 Å². The van der Waals surface area contributed by atoms with Crippen molar-refractivity contribution in [2.75, 3.05) is 20.2 Å². The third-order valence-electron chi connectivity index (χ3n) is 6.79. The summed E-state index contributed by atoms with van der Waals surface area (Å²) in [4.78, 5) is 47.2. The number of aryl methyl sites for hydroxylation is 1. The molecule has 1 aromatic carbocycles. The van der Waals surface area contributed by atoms with Crippen LogP contribution >= 0.6 is 0 Å². The van der Waals surface area contributed by atoms with Gasteiger partial charge in [0.2, 0.25) is 17.7 Å². The number of hydrogen-bond donors (Lipinski definition) is 0. The van der Waals surface area contributed by atoms with Crippen molar-refractivity contribution in [3.8, 4) is 0 Å². The number of pyridine rings is 1. The molecule has 2 atom stereocenters. The average molecular weight is 450 g/mol. The lowest BCUT2D eigenvalue weighted by Crippen LogP contribution is -2.44. The Morgan fingerprint density at radius 1 is 1.18 bits per heavy atom. The van der Waals surface area contributed by atoms with Crippen LogP contribution < -0.4 is 0 Å². The van der Waals surface area contributed by atoms with Crippen molar-refractivity contribution in [3.63, 3.8) is 0 Å². The third-order valence-corrected chi connectivity index (χ3v) is 6.79. The van der Waals surface area contributed by atoms with Gasteiger partial charge in [-0.3, -0.25) is 24.3 Å².